The molecule has 1 aromatic carbocycles. The van der Waals surface area contributed by atoms with E-state index in [1.807, 2.05) is 49.1 Å². The minimum atomic E-state index is -0.573. The second-order valence-corrected chi connectivity index (χ2v) is 8.11. The lowest BCUT2D eigenvalue weighted by atomic mass is 9.94. The first-order valence-electron chi connectivity index (χ1n) is 11.8. The molecule has 2 aliphatic heterocycles. The van der Waals surface area contributed by atoms with Gasteiger partial charge in [0, 0.05) is 51.5 Å². The van der Waals surface area contributed by atoms with Crippen molar-refractivity contribution >= 4 is 18.0 Å². The molecule has 0 unspecified atom stereocenters. The molecular formula is C24H35N5O4. The number of nitrogens with zero attached hydrogens (tertiary/aromatic N) is 3. The van der Waals surface area contributed by atoms with E-state index in [9.17, 15) is 14.4 Å². The number of amides is 4. The summed E-state index contributed by atoms with van der Waals surface area (Å²) in [5.41, 5.74) is 1.96. The highest BCUT2D eigenvalue weighted by atomic mass is 16.5. The number of urea groups is 2. The van der Waals surface area contributed by atoms with Gasteiger partial charge in [-0.05, 0) is 25.8 Å². The second-order valence-electron chi connectivity index (χ2n) is 8.11. The van der Waals surface area contributed by atoms with Crippen molar-refractivity contribution < 1.29 is 19.1 Å². The average Bonchev–Trinajstić information content (AvgIpc) is 2.83. The first-order chi connectivity index (χ1) is 16.0. The number of hydrogen-bond acceptors (Lipinski definition) is 5. The molecule has 0 aliphatic carbocycles. The Kier molecular flexibility index (Phi) is 8.71. The quantitative estimate of drug-likeness (QED) is 0.585. The van der Waals surface area contributed by atoms with Crippen LogP contribution in [0.25, 0.3) is 0 Å². The van der Waals surface area contributed by atoms with Crippen molar-refractivity contribution in [2.75, 3.05) is 52.4 Å². The molecule has 180 valence electrons. The van der Waals surface area contributed by atoms with Crippen molar-refractivity contribution in [2.45, 2.75) is 33.2 Å². The van der Waals surface area contributed by atoms with Gasteiger partial charge in [0.25, 0.3) is 0 Å². The Hall–Kier alpha value is -3.07. The van der Waals surface area contributed by atoms with Gasteiger partial charge in [0.2, 0.25) is 0 Å². The van der Waals surface area contributed by atoms with Gasteiger partial charge < -0.3 is 20.3 Å². The molecule has 1 saturated heterocycles. The SMILES string of the molecule is CCCNC(=O)N1CCN(CC2=C(C(=O)OCC)[C@@H](c3ccccc3)NC(=O)N2CC)CC1. The molecule has 0 bridgehead atoms. The lowest BCUT2D eigenvalue weighted by Crippen LogP contribution is -2.55. The highest BCUT2D eigenvalue weighted by molar-refractivity contribution is 5.95. The summed E-state index contributed by atoms with van der Waals surface area (Å²) < 4.78 is 5.41. The lowest BCUT2D eigenvalue weighted by Gasteiger charge is -2.40. The molecule has 3 rings (SSSR count). The molecule has 2 aliphatic rings. The molecule has 4 amide bonds. The molecule has 2 N–H and O–H groups in total. The van der Waals surface area contributed by atoms with E-state index in [1.165, 1.54) is 0 Å². The normalized spacial score (nSPS) is 19.4. The van der Waals surface area contributed by atoms with Crippen LogP contribution < -0.4 is 10.6 Å². The summed E-state index contributed by atoms with van der Waals surface area (Å²) in [4.78, 5) is 44.0. The van der Waals surface area contributed by atoms with Crippen LogP contribution in [0.1, 0.15) is 38.8 Å². The number of carbonyl (C=O) groups is 3. The zero-order valence-electron chi connectivity index (χ0n) is 19.8. The number of carbonyl (C=O) groups excluding carboxylic acids is 3. The molecule has 0 radical (unpaired) electrons. The fourth-order valence-electron chi connectivity index (χ4n) is 4.22. The minimum Gasteiger partial charge on any atom is -0.463 e. The molecule has 1 fully saturated rings. The zero-order valence-corrected chi connectivity index (χ0v) is 19.8. The first kappa shape index (κ1) is 24.6. The maximum Gasteiger partial charge on any atom is 0.338 e. The third-order valence-electron chi connectivity index (χ3n) is 5.94. The average molecular weight is 458 g/mol. The molecule has 9 nitrogen and oxygen atoms in total. The molecule has 0 saturated carbocycles. The fraction of sp³-hybridized carbons (Fsp3) is 0.542. The summed E-state index contributed by atoms with van der Waals surface area (Å²) in [7, 11) is 0. The van der Waals surface area contributed by atoms with Gasteiger partial charge in [-0.3, -0.25) is 9.80 Å². The maximum absolute atomic E-state index is 13.1. The minimum absolute atomic E-state index is 0.0423. The molecule has 9 heteroatoms. The summed E-state index contributed by atoms with van der Waals surface area (Å²) in [5, 5.41) is 5.90. The number of benzene rings is 1. The Morgan fingerprint density at radius 2 is 1.79 bits per heavy atom. The standard InChI is InChI=1S/C24H35N5O4/c1-4-12-25-23(31)28-15-13-27(14-16-28)17-19-20(22(30)33-6-3)21(18-10-8-7-9-11-18)26-24(32)29(19)5-2/h7-11,21H,4-6,12-17H2,1-3H3,(H,25,31)(H,26,32)/t21-/m1/s1. The summed E-state index contributed by atoms with van der Waals surface area (Å²) in [6.07, 6.45) is 0.897. The van der Waals surface area contributed by atoms with Crippen molar-refractivity contribution in [1.82, 2.24) is 25.3 Å². The van der Waals surface area contributed by atoms with Crippen molar-refractivity contribution in [2.24, 2.45) is 0 Å². The lowest BCUT2D eigenvalue weighted by molar-refractivity contribution is -0.139. The fourth-order valence-corrected chi connectivity index (χ4v) is 4.22. The van der Waals surface area contributed by atoms with E-state index < -0.39 is 12.0 Å². The van der Waals surface area contributed by atoms with Gasteiger partial charge >= 0.3 is 18.0 Å². The Morgan fingerprint density at radius 3 is 2.39 bits per heavy atom. The van der Waals surface area contributed by atoms with Crippen LogP contribution in [0.4, 0.5) is 9.59 Å². The largest absolute Gasteiger partial charge is 0.463 e. The van der Waals surface area contributed by atoms with Crippen LogP contribution in [0.3, 0.4) is 0 Å². The van der Waals surface area contributed by atoms with Gasteiger partial charge in [-0.1, -0.05) is 37.3 Å². The van der Waals surface area contributed by atoms with Gasteiger partial charge in [0.15, 0.2) is 0 Å². The number of piperazine rings is 1. The third-order valence-corrected chi connectivity index (χ3v) is 5.94. The van der Waals surface area contributed by atoms with E-state index >= 15 is 0 Å². The van der Waals surface area contributed by atoms with E-state index in [0.717, 1.165) is 12.0 Å². The number of hydrogen-bond donors (Lipinski definition) is 2. The topological polar surface area (TPSA) is 94.2 Å². The number of esters is 1. The van der Waals surface area contributed by atoms with Crippen molar-refractivity contribution in [3.63, 3.8) is 0 Å². The first-order valence-corrected chi connectivity index (χ1v) is 11.8. The van der Waals surface area contributed by atoms with E-state index in [4.69, 9.17) is 4.74 Å². The summed E-state index contributed by atoms with van der Waals surface area (Å²) >= 11 is 0. The van der Waals surface area contributed by atoms with Crippen molar-refractivity contribution in [3.05, 3.63) is 47.2 Å². The Bertz CT molecular complexity index is 865. The van der Waals surface area contributed by atoms with Gasteiger partial charge in [-0.25, -0.2) is 14.4 Å². The van der Waals surface area contributed by atoms with Crippen LogP contribution in [0.15, 0.2) is 41.6 Å². The molecule has 0 aromatic heterocycles. The zero-order chi connectivity index (χ0) is 23.8. The van der Waals surface area contributed by atoms with Crippen LogP contribution in [0, 0.1) is 0 Å². The van der Waals surface area contributed by atoms with Gasteiger partial charge in [0.1, 0.15) is 0 Å². The van der Waals surface area contributed by atoms with E-state index in [-0.39, 0.29) is 18.7 Å². The Labute approximate surface area is 195 Å². The molecule has 33 heavy (non-hydrogen) atoms. The van der Waals surface area contributed by atoms with Crippen LogP contribution in [0.2, 0.25) is 0 Å². The van der Waals surface area contributed by atoms with Crippen LogP contribution >= 0.6 is 0 Å². The predicted octanol–water partition coefficient (Wildman–Crippen LogP) is 2.33. The van der Waals surface area contributed by atoms with E-state index in [2.05, 4.69) is 15.5 Å². The van der Waals surface area contributed by atoms with E-state index in [1.54, 1.807) is 11.8 Å². The van der Waals surface area contributed by atoms with Crippen molar-refractivity contribution in [1.29, 1.82) is 0 Å². The Balaban J connectivity index is 1.86. The van der Waals surface area contributed by atoms with Crippen LogP contribution in [-0.4, -0.2) is 85.2 Å². The molecule has 1 atom stereocenters. The van der Waals surface area contributed by atoms with Gasteiger partial charge in [-0.15, -0.1) is 0 Å². The monoisotopic (exact) mass is 457 g/mol. The third kappa shape index (κ3) is 5.84. The van der Waals surface area contributed by atoms with Crippen LogP contribution in [0.5, 0.6) is 0 Å². The number of rotatable bonds is 8. The molecule has 2 heterocycles. The second kappa shape index (κ2) is 11.7. The molecule has 1 aromatic rings. The predicted molar refractivity (Wildman–Crippen MR) is 125 cm³/mol. The number of nitrogens with one attached hydrogen (secondary N) is 2. The van der Waals surface area contributed by atoms with Gasteiger partial charge in [0.05, 0.1) is 18.2 Å². The Morgan fingerprint density at radius 1 is 1.09 bits per heavy atom. The number of likely N-dealkylation sites (N-methyl/N-ethyl adjacent to an activating group) is 1. The smallest absolute Gasteiger partial charge is 0.338 e. The number of ether oxygens (including phenoxy) is 1. The maximum atomic E-state index is 13.1. The van der Waals surface area contributed by atoms with Crippen LogP contribution in [-0.2, 0) is 9.53 Å². The molecule has 0 spiro atoms. The van der Waals surface area contributed by atoms with E-state index in [0.29, 0.717) is 57.1 Å². The summed E-state index contributed by atoms with van der Waals surface area (Å²) in [6, 6.07) is 8.63. The molecular weight excluding hydrogens is 422 g/mol. The van der Waals surface area contributed by atoms with Gasteiger partial charge in [-0.2, -0.15) is 0 Å². The highest BCUT2D eigenvalue weighted by Gasteiger charge is 2.38. The highest BCUT2D eigenvalue weighted by Crippen LogP contribution is 2.32. The summed E-state index contributed by atoms with van der Waals surface area (Å²) in [5.74, 6) is -0.419. The van der Waals surface area contributed by atoms with Crippen molar-refractivity contribution in [3.8, 4) is 0 Å². The summed E-state index contributed by atoms with van der Waals surface area (Å²) in [6.45, 7) is 9.99.